The van der Waals surface area contributed by atoms with Crippen molar-refractivity contribution in [3.8, 4) is 0 Å². The highest BCUT2D eigenvalue weighted by molar-refractivity contribution is 7.89. The Labute approximate surface area is 209 Å². The molecule has 9 heteroatoms. The van der Waals surface area contributed by atoms with Crippen molar-refractivity contribution >= 4 is 21.6 Å². The fourth-order valence-corrected chi connectivity index (χ4v) is 5.76. The summed E-state index contributed by atoms with van der Waals surface area (Å²) >= 11 is 6.13. The first-order chi connectivity index (χ1) is 16.8. The van der Waals surface area contributed by atoms with Gasteiger partial charge in [0.2, 0.25) is 10.0 Å². The molecule has 0 amide bonds. The molecule has 0 bridgehead atoms. The van der Waals surface area contributed by atoms with Gasteiger partial charge in [0, 0.05) is 37.7 Å². The van der Waals surface area contributed by atoms with Crippen molar-refractivity contribution in [2.75, 3.05) is 39.3 Å². The predicted molar refractivity (Wildman–Crippen MR) is 132 cm³/mol. The highest BCUT2D eigenvalue weighted by atomic mass is 35.5. The van der Waals surface area contributed by atoms with Gasteiger partial charge < -0.3 is 4.74 Å². The zero-order valence-corrected chi connectivity index (χ0v) is 20.9. The van der Waals surface area contributed by atoms with Gasteiger partial charge in [0.15, 0.2) is 11.6 Å². The molecule has 1 aliphatic heterocycles. The zero-order chi connectivity index (χ0) is 25.0. The monoisotopic (exact) mass is 520 g/mol. The third-order valence-corrected chi connectivity index (χ3v) is 8.45. The summed E-state index contributed by atoms with van der Waals surface area (Å²) in [4.78, 5) is 2.32. The van der Waals surface area contributed by atoms with Crippen molar-refractivity contribution in [3.63, 3.8) is 0 Å². The molecule has 1 aliphatic rings. The van der Waals surface area contributed by atoms with E-state index in [9.17, 15) is 17.2 Å². The Morgan fingerprint density at radius 2 is 1.63 bits per heavy atom. The molecule has 0 aromatic heterocycles. The zero-order valence-electron chi connectivity index (χ0n) is 19.3. The average molecular weight is 521 g/mol. The van der Waals surface area contributed by atoms with Gasteiger partial charge >= 0.3 is 0 Å². The minimum atomic E-state index is -3.61. The van der Waals surface area contributed by atoms with E-state index in [1.807, 2.05) is 37.3 Å². The lowest BCUT2D eigenvalue weighted by molar-refractivity contribution is 0.0525. The number of sulfonamides is 1. The largest absolute Gasteiger partial charge is 0.367 e. The fraction of sp³-hybridized carbons (Fsp3) is 0.308. The lowest BCUT2D eigenvalue weighted by atomic mass is 10.0. The van der Waals surface area contributed by atoms with E-state index in [0.717, 1.165) is 23.3 Å². The highest BCUT2D eigenvalue weighted by Crippen LogP contribution is 2.28. The minimum Gasteiger partial charge on any atom is -0.367 e. The number of hydrogen-bond donors (Lipinski definition) is 0. The Balaban J connectivity index is 1.36. The second kappa shape index (κ2) is 11.1. The number of hydrogen-bond acceptors (Lipinski definition) is 4. The Hall–Kier alpha value is -2.36. The SMILES string of the molecule is Cc1ccc(S(=O)(=O)N2CCN(CCO[C@H](c3ccccc3)c3ccc(F)c(F)c3)CC2)cc1Cl. The Morgan fingerprint density at radius 3 is 2.29 bits per heavy atom. The van der Waals surface area contributed by atoms with Gasteiger partial charge in [-0.05, 0) is 47.9 Å². The van der Waals surface area contributed by atoms with Crippen molar-refractivity contribution in [3.05, 3.63) is 100 Å². The fourth-order valence-electron chi connectivity index (χ4n) is 4.06. The molecule has 0 aliphatic carbocycles. The second-order valence-electron chi connectivity index (χ2n) is 8.49. The van der Waals surface area contributed by atoms with Crippen LogP contribution in [0.15, 0.2) is 71.6 Å². The summed E-state index contributed by atoms with van der Waals surface area (Å²) in [5.41, 5.74) is 2.20. The Bertz CT molecular complexity index is 1270. The number of halogens is 3. The average Bonchev–Trinajstić information content (AvgIpc) is 2.86. The van der Waals surface area contributed by atoms with Gasteiger partial charge in [-0.3, -0.25) is 4.90 Å². The first kappa shape index (κ1) is 25.7. The summed E-state index contributed by atoms with van der Waals surface area (Å²) in [5.74, 6) is -1.82. The first-order valence-electron chi connectivity index (χ1n) is 11.4. The van der Waals surface area contributed by atoms with Crippen molar-refractivity contribution in [1.29, 1.82) is 0 Å². The van der Waals surface area contributed by atoms with Gasteiger partial charge in [0.05, 0.1) is 11.5 Å². The predicted octanol–water partition coefficient (Wildman–Crippen LogP) is 5.04. The van der Waals surface area contributed by atoms with Gasteiger partial charge in [-0.1, -0.05) is 54.1 Å². The molecule has 0 saturated carbocycles. The van der Waals surface area contributed by atoms with E-state index in [-0.39, 0.29) is 4.90 Å². The second-order valence-corrected chi connectivity index (χ2v) is 10.8. The van der Waals surface area contributed by atoms with E-state index in [0.29, 0.717) is 49.9 Å². The third-order valence-electron chi connectivity index (χ3n) is 6.15. The van der Waals surface area contributed by atoms with Gasteiger partial charge in [0.25, 0.3) is 0 Å². The van der Waals surface area contributed by atoms with Gasteiger partial charge in [-0.2, -0.15) is 4.31 Å². The Kier molecular flexibility index (Phi) is 8.19. The maximum atomic E-state index is 13.9. The van der Waals surface area contributed by atoms with E-state index in [4.69, 9.17) is 16.3 Å². The van der Waals surface area contributed by atoms with Crippen molar-refractivity contribution in [1.82, 2.24) is 9.21 Å². The number of ether oxygens (including phenoxy) is 1. The number of piperazine rings is 1. The van der Waals surface area contributed by atoms with Crippen LogP contribution < -0.4 is 0 Å². The minimum absolute atomic E-state index is 0.196. The number of nitrogens with zero attached hydrogens (tertiary/aromatic N) is 2. The van der Waals surface area contributed by atoms with Crippen LogP contribution in [0.3, 0.4) is 0 Å². The summed E-state index contributed by atoms with van der Waals surface area (Å²) in [6, 6.07) is 17.9. The van der Waals surface area contributed by atoms with Gasteiger partial charge in [0.1, 0.15) is 6.10 Å². The van der Waals surface area contributed by atoms with Gasteiger partial charge in [-0.15, -0.1) is 0 Å². The normalized spacial score (nSPS) is 16.3. The molecule has 1 atom stereocenters. The van der Waals surface area contributed by atoms with Crippen molar-refractivity contribution in [2.45, 2.75) is 17.9 Å². The van der Waals surface area contributed by atoms with E-state index in [2.05, 4.69) is 4.90 Å². The lowest BCUT2D eigenvalue weighted by Crippen LogP contribution is -2.49. The molecule has 4 rings (SSSR count). The lowest BCUT2D eigenvalue weighted by Gasteiger charge is -2.34. The third kappa shape index (κ3) is 6.08. The molecule has 1 fully saturated rings. The van der Waals surface area contributed by atoms with Crippen LogP contribution in [0.25, 0.3) is 0 Å². The molecule has 5 nitrogen and oxygen atoms in total. The Morgan fingerprint density at radius 1 is 0.914 bits per heavy atom. The smallest absolute Gasteiger partial charge is 0.243 e. The summed E-state index contributed by atoms with van der Waals surface area (Å²) in [5, 5.41) is 0.427. The molecule has 1 heterocycles. The number of aryl methyl sites for hydroxylation is 1. The molecular weight excluding hydrogens is 494 g/mol. The van der Waals surface area contributed by atoms with Crippen LogP contribution in [0, 0.1) is 18.6 Å². The summed E-state index contributed by atoms with van der Waals surface area (Å²) < 4.78 is 60.9. The van der Waals surface area contributed by atoms with Crippen LogP contribution in [0.5, 0.6) is 0 Å². The van der Waals surface area contributed by atoms with Gasteiger partial charge in [-0.25, -0.2) is 17.2 Å². The maximum absolute atomic E-state index is 13.9. The molecule has 3 aromatic carbocycles. The molecule has 35 heavy (non-hydrogen) atoms. The van der Waals surface area contributed by atoms with E-state index < -0.39 is 27.8 Å². The highest BCUT2D eigenvalue weighted by Gasteiger charge is 2.29. The number of rotatable bonds is 8. The van der Waals surface area contributed by atoms with Crippen LogP contribution in [-0.2, 0) is 14.8 Å². The van der Waals surface area contributed by atoms with Crippen molar-refractivity contribution < 1.29 is 21.9 Å². The maximum Gasteiger partial charge on any atom is 0.243 e. The standard InChI is InChI=1S/C26H27ClF2N2O3S/c1-19-7-9-22(18-23(19)27)35(32,33)31-13-11-30(12-14-31)15-16-34-26(20-5-3-2-4-6-20)21-8-10-24(28)25(29)17-21/h2-10,17-18,26H,11-16H2,1H3/t26-/m1/s1. The molecule has 0 N–H and O–H groups in total. The van der Waals surface area contributed by atoms with E-state index in [1.165, 1.54) is 16.4 Å². The summed E-state index contributed by atoms with van der Waals surface area (Å²) in [6.45, 7) is 4.59. The van der Waals surface area contributed by atoms with Crippen LogP contribution in [0.2, 0.25) is 5.02 Å². The quantitative estimate of drug-likeness (QED) is 0.417. The molecular formula is C26H27ClF2N2O3S. The summed E-state index contributed by atoms with van der Waals surface area (Å²) in [7, 11) is -3.61. The van der Waals surface area contributed by atoms with Crippen molar-refractivity contribution in [2.24, 2.45) is 0 Å². The van der Waals surface area contributed by atoms with Crippen LogP contribution in [-0.4, -0.2) is 57.0 Å². The molecule has 186 valence electrons. The molecule has 1 saturated heterocycles. The van der Waals surface area contributed by atoms with Crippen LogP contribution >= 0.6 is 11.6 Å². The molecule has 3 aromatic rings. The van der Waals surface area contributed by atoms with Crippen LogP contribution in [0.4, 0.5) is 8.78 Å². The van der Waals surface area contributed by atoms with E-state index in [1.54, 1.807) is 12.1 Å². The molecule has 0 unspecified atom stereocenters. The number of benzene rings is 3. The van der Waals surface area contributed by atoms with Crippen LogP contribution in [0.1, 0.15) is 22.8 Å². The van der Waals surface area contributed by atoms with E-state index >= 15 is 0 Å². The summed E-state index contributed by atoms with van der Waals surface area (Å²) in [6.07, 6.45) is -0.542. The topological polar surface area (TPSA) is 49.9 Å². The molecule has 0 spiro atoms. The first-order valence-corrected chi connectivity index (χ1v) is 13.2. The molecule has 0 radical (unpaired) electrons.